The highest BCUT2D eigenvalue weighted by molar-refractivity contribution is 5.76. The highest BCUT2D eigenvalue weighted by atomic mass is 16.5. The number of carbonyl (C=O) groups is 1. The molecule has 3 heteroatoms. The molecular formula is C20H25NO2. The molecule has 0 aliphatic heterocycles. The summed E-state index contributed by atoms with van der Waals surface area (Å²) in [4.78, 5) is 14.2. The maximum atomic E-state index is 12.4. The van der Waals surface area contributed by atoms with Crippen LogP contribution in [-0.4, -0.2) is 25.0 Å². The minimum atomic E-state index is 0.0476. The first-order chi connectivity index (χ1) is 11.0. The maximum Gasteiger partial charge on any atom is 0.223 e. The molecule has 1 unspecified atom stereocenters. The van der Waals surface area contributed by atoms with E-state index in [1.807, 2.05) is 43.1 Å². The van der Waals surface area contributed by atoms with Crippen LogP contribution >= 0.6 is 0 Å². The third-order valence-corrected chi connectivity index (χ3v) is 4.32. The van der Waals surface area contributed by atoms with Crippen molar-refractivity contribution >= 4 is 5.91 Å². The van der Waals surface area contributed by atoms with E-state index in [1.54, 1.807) is 7.11 Å². The van der Waals surface area contributed by atoms with E-state index in [9.17, 15) is 4.79 Å². The molecule has 2 aromatic rings. The largest absolute Gasteiger partial charge is 0.497 e. The summed E-state index contributed by atoms with van der Waals surface area (Å²) in [5.74, 6) is 0.989. The summed E-state index contributed by atoms with van der Waals surface area (Å²) < 4.78 is 5.17. The standard InChI is InChI=1S/C20H25NO2/c1-15-5-7-17(8-6-15)9-14-20(22)21(3)16(2)18-10-12-19(23-4)13-11-18/h5-8,10-13,16H,9,14H2,1-4H3. The molecule has 23 heavy (non-hydrogen) atoms. The zero-order valence-electron chi connectivity index (χ0n) is 14.4. The molecule has 0 fully saturated rings. The van der Waals surface area contributed by atoms with Crippen LogP contribution in [0.1, 0.15) is 36.1 Å². The summed E-state index contributed by atoms with van der Waals surface area (Å²) in [5.41, 5.74) is 3.55. The zero-order valence-corrected chi connectivity index (χ0v) is 14.4. The Hall–Kier alpha value is -2.29. The van der Waals surface area contributed by atoms with Gasteiger partial charge in [0.25, 0.3) is 0 Å². The predicted octanol–water partition coefficient (Wildman–Crippen LogP) is 4.16. The first-order valence-corrected chi connectivity index (χ1v) is 7.96. The third kappa shape index (κ3) is 4.59. The zero-order chi connectivity index (χ0) is 16.8. The van der Waals surface area contributed by atoms with E-state index in [2.05, 4.69) is 31.2 Å². The Balaban J connectivity index is 1.93. The number of nitrogens with zero attached hydrogens (tertiary/aromatic N) is 1. The molecule has 0 saturated carbocycles. The quantitative estimate of drug-likeness (QED) is 0.802. The van der Waals surface area contributed by atoms with E-state index in [-0.39, 0.29) is 11.9 Å². The molecule has 0 heterocycles. The molecule has 0 bridgehead atoms. The van der Waals surface area contributed by atoms with E-state index in [1.165, 1.54) is 11.1 Å². The number of ether oxygens (including phenoxy) is 1. The molecular weight excluding hydrogens is 286 g/mol. The van der Waals surface area contributed by atoms with Crippen LogP contribution < -0.4 is 4.74 Å². The van der Waals surface area contributed by atoms with Crippen molar-refractivity contribution in [3.63, 3.8) is 0 Å². The van der Waals surface area contributed by atoms with Crippen LogP contribution in [0.3, 0.4) is 0 Å². The molecule has 0 aliphatic rings. The van der Waals surface area contributed by atoms with Gasteiger partial charge in [0.1, 0.15) is 5.75 Å². The van der Waals surface area contributed by atoms with Crippen LogP contribution in [0.25, 0.3) is 0 Å². The first kappa shape index (κ1) is 17.1. The van der Waals surface area contributed by atoms with Crippen molar-refractivity contribution in [3.05, 3.63) is 65.2 Å². The smallest absolute Gasteiger partial charge is 0.223 e. The van der Waals surface area contributed by atoms with Gasteiger partial charge in [0, 0.05) is 13.5 Å². The maximum absolute atomic E-state index is 12.4. The lowest BCUT2D eigenvalue weighted by molar-refractivity contribution is -0.131. The first-order valence-electron chi connectivity index (χ1n) is 7.96. The number of methoxy groups -OCH3 is 1. The third-order valence-electron chi connectivity index (χ3n) is 4.32. The monoisotopic (exact) mass is 311 g/mol. The Kier molecular flexibility index (Phi) is 5.80. The van der Waals surface area contributed by atoms with E-state index < -0.39 is 0 Å². The number of amides is 1. The van der Waals surface area contributed by atoms with E-state index in [0.29, 0.717) is 6.42 Å². The fourth-order valence-electron chi connectivity index (χ4n) is 2.50. The van der Waals surface area contributed by atoms with Gasteiger partial charge in [0.05, 0.1) is 13.2 Å². The fraction of sp³-hybridized carbons (Fsp3) is 0.350. The molecule has 122 valence electrons. The van der Waals surface area contributed by atoms with Gasteiger partial charge in [-0.25, -0.2) is 0 Å². The highest BCUT2D eigenvalue weighted by Crippen LogP contribution is 2.22. The van der Waals surface area contributed by atoms with Gasteiger partial charge < -0.3 is 9.64 Å². The number of rotatable bonds is 6. The number of hydrogen-bond acceptors (Lipinski definition) is 2. The molecule has 0 aliphatic carbocycles. The average Bonchev–Trinajstić information content (AvgIpc) is 2.59. The molecule has 2 rings (SSSR count). The number of benzene rings is 2. The fourth-order valence-corrected chi connectivity index (χ4v) is 2.50. The normalized spacial score (nSPS) is 11.8. The lowest BCUT2D eigenvalue weighted by atomic mass is 10.0. The Bertz CT molecular complexity index is 632. The van der Waals surface area contributed by atoms with E-state index in [4.69, 9.17) is 4.74 Å². The SMILES string of the molecule is COc1ccc(C(C)N(C)C(=O)CCc2ccc(C)cc2)cc1. The molecule has 2 aromatic carbocycles. The van der Waals surface area contributed by atoms with Crippen molar-refractivity contribution in [2.45, 2.75) is 32.7 Å². The van der Waals surface area contributed by atoms with Crippen LogP contribution in [0.2, 0.25) is 0 Å². The number of carbonyl (C=O) groups excluding carboxylic acids is 1. The minimum absolute atomic E-state index is 0.0476. The molecule has 1 amide bonds. The van der Waals surface area contributed by atoms with Crippen LogP contribution in [-0.2, 0) is 11.2 Å². The topological polar surface area (TPSA) is 29.5 Å². The molecule has 0 saturated heterocycles. The second-order valence-corrected chi connectivity index (χ2v) is 5.94. The van der Waals surface area contributed by atoms with Gasteiger partial charge >= 0.3 is 0 Å². The van der Waals surface area contributed by atoms with Gasteiger partial charge in [0.2, 0.25) is 5.91 Å². The van der Waals surface area contributed by atoms with Gasteiger partial charge in [-0.05, 0) is 43.5 Å². The number of hydrogen-bond donors (Lipinski definition) is 0. The summed E-state index contributed by atoms with van der Waals surface area (Å²) in [6.07, 6.45) is 1.30. The molecule has 1 atom stereocenters. The molecule has 0 radical (unpaired) electrons. The van der Waals surface area contributed by atoms with Gasteiger partial charge in [-0.2, -0.15) is 0 Å². The minimum Gasteiger partial charge on any atom is -0.497 e. The summed E-state index contributed by atoms with van der Waals surface area (Å²) in [5, 5.41) is 0. The van der Waals surface area contributed by atoms with Crippen molar-refractivity contribution in [3.8, 4) is 5.75 Å². The molecule has 0 N–H and O–H groups in total. The van der Waals surface area contributed by atoms with Crippen LogP contribution in [0.15, 0.2) is 48.5 Å². The summed E-state index contributed by atoms with van der Waals surface area (Å²) >= 11 is 0. The Morgan fingerprint density at radius 1 is 1.09 bits per heavy atom. The lowest BCUT2D eigenvalue weighted by Crippen LogP contribution is -2.29. The highest BCUT2D eigenvalue weighted by Gasteiger charge is 2.17. The van der Waals surface area contributed by atoms with Gasteiger partial charge in [-0.1, -0.05) is 42.0 Å². The van der Waals surface area contributed by atoms with Crippen molar-refractivity contribution in [2.24, 2.45) is 0 Å². The van der Waals surface area contributed by atoms with Crippen molar-refractivity contribution in [1.29, 1.82) is 0 Å². The molecule has 3 nitrogen and oxygen atoms in total. The second kappa shape index (κ2) is 7.82. The van der Waals surface area contributed by atoms with Crippen molar-refractivity contribution in [1.82, 2.24) is 4.90 Å². The lowest BCUT2D eigenvalue weighted by Gasteiger charge is -2.25. The summed E-state index contributed by atoms with van der Waals surface area (Å²) in [7, 11) is 3.52. The number of aryl methyl sites for hydroxylation is 2. The molecule has 0 aromatic heterocycles. The van der Waals surface area contributed by atoms with Gasteiger partial charge in [-0.3, -0.25) is 4.79 Å². The van der Waals surface area contributed by atoms with Gasteiger partial charge in [-0.15, -0.1) is 0 Å². The Morgan fingerprint density at radius 2 is 1.70 bits per heavy atom. The predicted molar refractivity (Wildman–Crippen MR) is 93.7 cm³/mol. The summed E-state index contributed by atoms with van der Waals surface area (Å²) in [6.45, 7) is 4.12. The van der Waals surface area contributed by atoms with Crippen LogP contribution in [0.5, 0.6) is 5.75 Å². The second-order valence-electron chi connectivity index (χ2n) is 5.94. The van der Waals surface area contributed by atoms with Gasteiger partial charge in [0.15, 0.2) is 0 Å². The molecule has 0 spiro atoms. The van der Waals surface area contributed by atoms with E-state index >= 15 is 0 Å². The van der Waals surface area contributed by atoms with Crippen LogP contribution in [0.4, 0.5) is 0 Å². The van der Waals surface area contributed by atoms with E-state index in [0.717, 1.165) is 17.7 Å². The average molecular weight is 311 g/mol. The summed E-state index contributed by atoms with van der Waals surface area (Å²) in [6, 6.07) is 16.3. The Labute approximate surface area is 138 Å². The van der Waals surface area contributed by atoms with Crippen LogP contribution in [0, 0.1) is 6.92 Å². The Morgan fingerprint density at radius 3 is 2.26 bits per heavy atom. The van der Waals surface area contributed by atoms with Crippen molar-refractivity contribution in [2.75, 3.05) is 14.2 Å². The van der Waals surface area contributed by atoms with Crippen molar-refractivity contribution < 1.29 is 9.53 Å².